The van der Waals surface area contributed by atoms with Crippen LogP contribution in [-0.2, 0) is 5.41 Å². The Kier molecular flexibility index (Phi) is 9.36. The van der Waals surface area contributed by atoms with E-state index in [1.165, 1.54) is 64.2 Å². The molecule has 1 N–H and O–H groups in total. The van der Waals surface area contributed by atoms with Crippen molar-refractivity contribution < 1.29 is 5.11 Å². The topological polar surface area (TPSA) is 20.2 Å². The molecule has 1 aromatic carbocycles. The Hall–Kier alpha value is -0.980. The lowest BCUT2D eigenvalue weighted by atomic mass is 9.81. The number of aromatic hydroxyl groups is 1. The molecule has 23 heavy (non-hydrogen) atoms. The van der Waals surface area contributed by atoms with Crippen molar-refractivity contribution in [2.45, 2.75) is 97.3 Å². The van der Waals surface area contributed by atoms with Gasteiger partial charge in [-0.05, 0) is 23.0 Å². The number of phenols is 1. The van der Waals surface area contributed by atoms with Gasteiger partial charge in [-0.25, -0.2) is 0 Å². The van der Waals surface area contributed by atoms with Crippen LogP contribution in [-0.4, -0.2) is 5.11 Å². The number of rotatable bonds is 7. The van der Waals surface area contributed by atoms with Crippen LogP contribution in [0.5, 0.6) is 5.75 Å². The highest BCUT2D eigenvalue weighted by Gasteiger charge is 2.16. The Morgan fingerprint density at radius 1 is 0.957 bits per heavy atom. The van der Waals surface area contributed by atoms with Gasteiger partial charge in [0, 0.05) is 0 Å². The second-order valence-electron chi connectivity index (χ2n) is 8.12. The number of hydrogen-bond acceptors (Lipinski definition) is 1. The fourth-order valence-corrected chi connectivity index (χ4v) is 3.10. The zero-order valence-electron chi connectivity index (χ0n) is 15.9. The van der Waals surface area contributed by atoms with Crippen molar-refractivity contribution in [2.24, 2.45) is 5.92 Å². The van der Waals surface area contributed by atoms with Gasteiger partial charge in [-0.1, -0.05) is 110 Å². The zero-order valence-corrected chi connectivity index (χ0v) is 15.9. The molecule has 0 heterocycles. The fraction of sp³-hybridized carbons (Fsp3) is 0.727. The molecular formula is C22H38O. The molecule has 1 aromatic rings. The van der Waals surface area contributed by atoms with Gasteiger partial charge in [0.05, 0.1) is 0 Å². The Labute approximate surface area is 144 Å². The first-order valence-corrected chi connectivity index (χ1v) is 9.73. The zero-order chi connectivity index (χ0) is 17.1. The number of para-hydroxylation sites is 1. The van der Waals surface area contributed by atoms with Gasteiger partial charge < -0.3 is 5.11 Å². The minimum absolute atomic E-state index is 0.0331. The van der Waals surface area contributed by atoms with Gasteiger partial charge in [-0.2, -0.15) is 0 Å². The third-order valence-electron chi connectivity index (χ3n) is 4.90. The van der Waals surface area contributed by atoms with E-state index in [1.54, 1.807) is 6.07 Å². The van der Waals surface area contributed by atoms with Crippen molar-refractivity contribution >= 4 is 0 Å². The van der Waals surface area contributed by atoms with Crippen molar-refractivity contribution in [3.8, 4) is 5.75 Å². The summed E-state index contributed by atoms with van der Waals surface area (Å²) in [6.45, 7) is 8.54. The Bertz CT molecular complexity index is 412. The highest BCUT2D eigenvalue weighted by molar-refractivity contribution is 5.36. The van der Waals surface area contributed by atoms with Crippen LogP contribution in [0.2, 0.25) is 0 Å². The van der Waals surface area contributed by atoms with Gasteiger partial charge in [0.15, 0.2) is 0 Å². The number of phenolic OH excluding ortho intramolecular Hbond substituents is 1. The second-order valence-corrected chi connectivity index (χ2v) is 8.12. The number of benzene rings is 1. The predicted octanol–water partition coefficient (Wildman–Crippen LogP) is 7.23. The van der Waals surface area contributed by atoms with Gasteiger partial charge >= 0.3 is 0 Å². The smallest absolute Gasteiger partial charge is 0.119 e. The van der Waals surface area contributed by atoms with E-state index in [0.29, 0.717) is 5.75 Å². The Morgan fingerprint density at radius 2 is 1.57 bits per heavy atom. The van der Waals surface area contributed by atoms with E-state index in [-0.39, 0.29) is 5.41 Å². The summed E-state index contributed by atoms with van der Waals surface area (Å²) >= 11 is 0. The molecule has 0 atom stereocenters. The largest absolute Gasteiger partial charge is 0.508 e. The van der Waals surface area contributed by atoms with E-state index < -0.39 is 0 Å². The number of unbranched alkanes of at least 4 members (excludes halogenated alkanes) is 5. The molecule has 0 radical (unpaired) electrons. The van der Waals surface area contributed by atoms with Crippen molar-refractivity contribution in [1.29, 1.82) is 0 Å². The number of hydrogen-bond donors (Lipinski definition) is 1. The van der Waals surface area contributed by atoms with Crippen LogP contribution in [0.15, 0.2) is 24.3 Å². The molecule has 1 saturated carbocycles. The third-order valence-corrected chi connectivity index (χ3v) is 4.90. The summed E-state index contributed by atoms with van der Waals surface area (Å²) in [5, 5.41) is 9.45. The third kappa shape index (κ3) is 8.44. The maximum Gasteiger partial charge on any atom is 0.119 e. The molecule has 132 valence electrons. The van der Waals surface area contributed by atoms with E-state index in [2.05, 4.69) is 27.7 Å². The SMILES string of the molecule is CC(C)(C)c1ccccc1O.CCCCCCCCC1CCC1. The summed E-state index contributed by atoms with van der Waals surface area (Å²) in [4.78, 5) is 0. The highest BCUT2D eigenvalue weighted by atomic mass is 16.3. The summed E-state index contributed by atoms with van der Waals surface area (Å²) in [5.74, 6) is 1.52. The predicted molar refractivity (Wildman–Crippen MR) is 102 cm³/mol. The van der Waals surface area contributed by atoms with Gasteiger partial charge in [0.25, 0.3) is 0 Å². The van der Waals surface area contributed by atoms with E-state index in [4.69, 9.17) is 0 Å². The average Bonchev–Trinajstić information content (AvgIpc) is 2.44. The molecule has 0 bridgehead atoms. The average molecular weight is 319 g/mol. The van der Waals surface area contributed by atoms with Gasteiger partial charge in [0.1, 0.15) is 5.75 Å². The Balaban J connectivity index is 0.000000231. The molecule has 0 aromatic heterocycles. The lowest BCUT2D eigenvalue weighted by Gasteiger charge is -2.24. The summed E-state index contributed by atoms with van der Waals surface area (Å²) in [5.41, 5.74) is 1.03. The molecule has 0 unspecified atom stereocenters. The standard InChI is InChI=1S/C12H24.C10H14O/c1-2-3-4-5-6-7-9-12-10-8-11-12;1-10(2,3)8-6-4-5-7-9(8)11/h12H,2-11H2,1H3;4-7,11H,1-3H3. The van der Waals surface area contributed by atoms with Crippen molar-refractivity contribution in [2.75, 3.05) is 0 Å². The van der Waals surface area contributed by atoms with Crippen molar-refractivity contribution in [1.82, 2.24) is 0 Å². The molecular weight excluding hydrogens is 280 g/mol. The van der Waals surface area contributed by atoms with Crippen LogP contribution in [0.4, 0.5) is 0 Å². The lowest BCUT2D eigenvalue weighted by Crippen LogP contribution is -2.10. The van der Waals surface area contributed by atoms with Crippen LogP contribution in [0.25, 0.3) is 0 Å². The Morgan fingerprint density at radius 3 is 2.04 bits per heavy atom. The summed E-state index contributed by atoms with van der Waals surface area (Å²) in [7, 11) is 0. The van der Waals surface area contributed by atoms with Gasteiger partial charge in [0.2, 0.25) is 0 Å². The van der Waals surface area contributed by atoms with E-state index >= 15 is 0 Å². The molecule has 0 aliphatic heterocycles. The first-order valence-electron chi connectivity index (χ1n) is 9.73. The minimum Gasteiger partial charge on any atom is -0.508 e. The van der Waals surface area contributed by atoms with Crippen LogP contribution < -0.4 is 0 Å². The van der Waals surface area contributed by atoms with Crippen LogP contribution in [0.1, 0.15) is 97.5 Å². The molecule has 0 saturated heterocycles. The highest BCUT2D eigenvalue weighted by Crippen LogP contribution is 2.31. The minimum atomic E-state index is 0.0331. The first-order chi connectivity index (χ1) is 10.9. The maximum absolute atomic E-state index is 9.45. The summed E-state index contributed by atoms with van der Waals surface area (Å²) in [6.07, 6.45) is 14.9. The van der Waals surface area contributed by atoms with E-state index in [0.717, 1.165) is 11.5 Å². The lowest BCUT2D eigenvalue weighted by molar-refractivity contribution is 0.286. The molecule has 1 nitrogen and oxygen atoms in total. The van der Waals surface area contributed by atoms with Crippen molar-refractivity contribution in [3.05, 3.63) is 29.8 Å². The molecule has 2 rings (SSSR count). The monoisotopic (exact) mass is 318 g/mol. The molecule has 0 spiro atoms. The molecule has 0 amide bonds. The van der Waals surface area contributed by atoms with E-state index in [1.807, 2.05) is 18.2 Å². The maximum atomic E-state index is 9.45. The molecule has 1 aliphatic carbocycles. The molecule has 1 fully saturated rings. The van der Waals surface area contributed by atoms with Gasteiger partial charge in [-0.15, -0.1) is 0 Å². The summed E-state index contributed by atoms with van der Waals surface area (Å²) < 4.78 is 0. The quantitative estimate of drug-likeness (QED) is 0.526. The summed E-state index contributed by atoms with van der Waals surface area (Å²) in [6, 6.07) is 7.46. The van der Waals surface area contributed by atoms with Crippen molar-refractivity contribution in [3.63, 3.8) is 0 Å². The normalized spacial score (nSPS) is 14.8. The fourth-order valence-electron chi connectivity index (χ4n) is 3.10. The van der Waals surface area contributed by atoms with Crippen LogP contribution in [0, 0.1) is 5.92 Å². The molecule has 1 heteroatoms. The van der Waals surface area contributed by atoms with Crippen LogP contribution in [0.3, 0.4) is 0 Å². The second kappa shape index (κ2) is 10.7. The van der Waals surface area contributed by atoms with Gasteiger partial charge in [-0.3, -0.25) is 0 Å². The molecule has 1 aliphatic rings. The van der Waals surface area contributed by atoms with E-state index in [9.17, 15) is 5.11 Å². The first kappa shape index (κ1) is 20.1. The van der Waals surface area contributed by atoms with Crippen LogP contribution >= 0.6 is 0 Å².